The van der Waals surface area contributed by atoms with E-state index < -0.39 is 21.7 Å². The van der Waals surface area contributed by atoms with Gasteiger partial charge in [-0.25, -0.2) is 17.8 Å². The van der Waals surface area contributed by atoms with Crippen molar-refractivity contribution in [2.45, 2.75) is 20.5 Å². The summed E-state index contributed by atoms with van der Waals surface area (Å²) in [6, 6.07) is 10.4. The number of nitrogens with two attached hydrogens (primary N) is 1. The smallest absolute Gasteiger partial charge is 0.254 e. The van der Waals surface area contributed by atoms with Crippen molar-refractivity contribution in [3.63, 3.8) is 0 Å². The second-order valence-electron chi connectivity index (χ2n) is 7.64. The summed E-state index contributed by atoms with van der Waals surface area (Å²) in [7, 11) is -3.63. The Bertz CT molecular complexity index is 1470. The first kappa shape index (κ1) is 27.1. The Hall–Kier alpha value is -4.52. The van der Waals surface area contributed by atoms with E-state index in [1.165, 1.54) is 49.7 Å². The van der Waals surface area contributed by atoms with Crippen LogP contribution in [-0.2, 0) is 16.6 Å². The van der Waals surface area contributed by atoms with Gasteiger partial charge in [-0.3, -0.25) is 19.6 Å². The van der Waals surface area contributed by atoms with E-state index in [-0.39, 0.29) is 40.9 Å². The summed E-state index contributed by atoms with van der Waals surface area (Å²) in [6.07, 6.45) is 2.80. The molecular weight excluding hydrogens is 501 g/mol. The number of hydrogen-bond donors (Lipinski definition) is 4. The third kappa shape index (κ3) is 7.24. The monoisotopic (exact) mass is 527 g/mol. The topological polar surface area (TPSA) is 164 Å². The molecule has 0 aliphatic heterocycles. The zero-order valence-electron chi connectivity index (χ0n) is 20.2. The van der Waals surface area contributed by atoms with E-state index in [9.17, 15) is 17.6 Å². The molecule has 1 aromatic heterocycles. The number of anilines is 2. The molecule has 0 aliphatic carbocycles. The first-order valence-corrected chi connectivity index (χ1v) is 12.6. The number of primary amides is 1. The van der Waals surface area contributed by atoms with Crippen LogP contribution in [0, 0.1) is 5.82 Å². The molecular formula is C24H26FN7O4S. The number of aromatic nitrogens is 2. The Labute approximate surface area is 213 Å². The molecule has 13 heteroatoms. The molecule has 1 heterocycles. The second kappa shape index (κ2) is 11.9. The van der Waals surface area contributed by atoms with E-state index >= 15 is 0 Å². The van der Waals surface area contributed by atoms with Crippen LogP contribution in [0.4, 0.5) is 15.9 Å². The highest BCUT2D eigenvalue weighted by atomic mass is 32.2. The predicted molar refractivity (Wildman–Crippen MR) is 142 cm³/mol. The number of rotatable bonds is 11. The van der Waals surface area contributed by atoms with Gasteiger partial charge in [-0.1, -0.05) is 18.2 Å². The average molecular weight is 528 g/mol. The molecule has 0 atom stereocenters. The van der Waals surface area contributed by atoms with Gasteiger partial charge >= 0.3 is 0 Å². The summed E-state index contributed by atoms with van der Waals surface area (Å²) in [4.78, 5) is 20.0. The van der Waals surface area contributed by atoms with E-state index in [4.69, 9.17) is 10.5 Å². The first-order valence-electron chi connectivity index (χ1n) is 11.0. The van der Waals surface area contributed by atoms with Gasteiger partial charge in [-0.2, -0.15) is 5.10 Å². The lowest BCUT2D eigenvalue weighted by molar-refractivity contribution is 0.100. The summed E-state index contributed by atoms with van der Waals surface area (Å²) in [5.41, 5.74) is 7.01. The maximum absolute atomic E-state index is 13.6. The van der Waals surface area contributed by atoms with Crippen molar-refractivity contribution in [1.82, 2.24) is 10.2 Å². The number of H-pyrrole nitrogens is 1. The Balaban J connectivity index is 2.01. The zero-order chi connectivity index (χ0) is 27.0. The maximum Gasteiger partial charge on any atom is 0.254 e. The van der Waals surface area contributed by atoms with Crippen LogP contribution in [-0.4, -0.2) is 42.8 Å². The Kier molecular flexibility index (Phi) is 8.74. The molecule has 3 aromatic rings. The normalized spacial score (nSPS) is 11.9. The van der Waals surface area contributed by atoms with Crippen LogP contribution in [0.15, 0.2) is 64.8 Å². The van der Waals surface area contributed by atoms with Gasteiger partial charge in [0.05, 0.1) is 11.4 Å². The Morgan fingerprint density at radius 1 is 1.27 bits per heavy atom. The predicted octanol–water partition coefficient (Wildman–Crippen LogP) is 3.66. The highest BCUT2D eigenvalue weighted by Crippen LogP contribution is 2.34. The van der Waals surface area contributed by atoms with Crippen LogP contribution in [0.25, 0.3) is 11.3 Å². The highest BCUT2D eigenvalue weighted by molar-refractivity contribution is 7.92. The number of amidine groups is 1. The van der Waals surface area contributed by atoms with Crippen molar-refractivity contribution >= 4 is 40.0 Å². The van der Waals surface area contributed by atoms with Gasteiger partial charge < -0.3 is 15.8 Å². The lowest BCUT2D eigenvalue weighted by Crippen LogP contribution is -2.16. The van der Waals surface area contributed by atoms with Gasteiger partial charge in [0, 0.05) is 18.0 Å². The molecule has 0 unspecified atom stereocenters. The van der Waals surface area contributed by atoms with Gasteiger partial charge in [-0.05, 0) is 50.4 Å². The molecule has 0 fully saturated rings. The van der Waals surface area contributed by atoms with E-state index in [0.717, 1.165) is 0 Å². The van der Waals surface area contributed by atoms with Gasteiger partial charge in [0.2, 0.25) is 10.0 Å². The number of ether oxygens (including phenoxy) is 1. The van der Waals surface area contributed by atoms with Gasteiger partial charge in [0.25, 0.3) is 5.91 Å². The third-order valence-electron chi connectivity index (χ3n) is 4.94. The van der Waals surface area contributed by atoms with E-state index in [0.29, 0.717) is 17.0 Å². The number of nitrogens with zero attached hydrogens (tertiary/aromatic N) is 3. The number of halogens is 1. The Morgan fingerprint density at radius 2 is 2.05 bits per heavy atom. The van der Waals surface area contributed by atoms with E-state index in [2.05, 4.69) is 36.9 Å². The zero-order valence-corrected chi connectivity index (χ0v) is 21.0. The fraction of sp³-hybridized carbons (Fsp3) is 0.167. The lowest BCUT2D eigenvalue weighted by Gasteiger charge is -2.15. The van der Waals surface area contributed by atoms with Crippen molar-refractivity contribution in [2.75, 3.05) is 15.8 Å². The van der Waals surface area contributed by atoms with Crippen LogP contribution in [0.2, 0.25) is 0 Å². The summed E-state index contributed by atoms with van der Waals surface area (Å²) >= 11 is 0. The number of aromatic amines is 1. The molecule has 0 radical (unpaired) electrons. The van der Waals surface area contributed by atoms with Crippen LogP contribution in [0.3, 0.4) is 0 Å². The third-order valence-corrected chi connectivity index (χ3v) is 6.23. The highest BCUT2D eigenvalue weighted by Gasteiger charge is 2.22. The molecule has 2 aromatic carbocycles. The second-order valence-corrected chi connectivity index (χ2v) is 9.65. The molecule has 0 bridgehead atoms. The first-order chi connectivity index (χ1) is 17.6. The SMILES string of the molecule is C=N/C=C\N=C(/C)Nc1[nH]nc(-c2ccc(NS(=O)(=O)CC)c(OCc3cccc(F)c3)c2)c1C(N)=O. The minimum absolute atomic E-state index is 0.0408. The van der Waals surface area contributed by atoms with Crippen molar-refractivity contribution in [3.05, 3.63) is 71.8 Å². The van der Waals surface area contributed by atoms with Crippen LogP contribution >= 0.6 is 0 Å². The standard InChI is InChI=1S/C24H26FN7O4S/c1-4-37(34,35)32-19-9-8-17(13-20(19)36-14-16-6-5-7-18(25)12-16)22-21(23(26)33)24(31-30-22)29-15(2)28-11-10-27-3/h5-13,32H,3-4,14H2,1-2H3,(H2,26,33)(H2,28,29,30,31)/b11-10-. The van der Waals surface area contributed by atoms with Crippen LogP contribution in [0.5, 0.6) is 5.75 Å². The number of hydrogen-bond acceptors (Lipinski definition) is 7. The minimum atomic E-state index is -3.63. The summed E-state index contributed by atoms with van der Waals surface area (Å²) < 4.78 is 46.3. The number of sulfonamides is 1. The van der Waals surface area contributed by atoms with Crippen LogP contribution < -0.4 is 20.5 Å². The van der Waals surface area contributed by atoms with Crippen molar-refractivity contribution in [1.29, 1.82) is 0 Å². The number of carbonyl (C=O) groups excluding carboxylic acids is 1. The Morgan fingerprint density at radius 3 is 2.73 bits per heavy atom. The number of benzene rings is 2. The minimum Gasteiger partial charge on any atom is -0.487 e. The molecule has 0 saturated heterocycles. The lowest BCUT2D eigenvalue weighted by atomic mass is 10.1. The molecule has 3 rings (SSSR count). The fourth-order valence-electron chi connectivity index (χ4n) is 3.19. The van der Waals surface area contributed by atoms with Crippen molar-refractivity contribution in [2.24, 2.45) is 15.7 Å². The number of aliphatic imine (C=N–C) groups is 2. The molecule has 5 N–H and O–H groups in total. The number of carbonyl (C=O) groups is 1. The molecule has 11 nitrogen and oxygen atoms in total. The molecule has 1 amide bonds. The van der Waals surface area contributed by atoms with Crippen molar-refractivity contribution in [3.8, 4) is 17.0 Å². The molecule has 0 aliphatic rings. The van der Waals surface area contributed by atoms with Gasteiger partial charge in [0.1, 0.15) is 41.1 Å². The summed E-state index contributed by atoms with van der Waals surface area (Å²) in [5.74, 6) is -0.578. The summed E-state index contributed by atoms with van der Waals surface area (Å²) in [6.45, 7) is 6.43. The average Bonchev–Trinajstić information content (AvgIpc) is 3.27. The molecule has 0 saturated carbocycles. The molecule has 194 valence electrons. The van der Waals surface area contributed by atoms with Gasteiger partial charge in [0.15, 0.2) is 0 Å². The van der Waals surface area contributed by atoms with Crippen LogP contribution in [0.1, 0.15) is 29.8 Å². The fourth-order valence-corrected chi connectivity index (χ4v) is 3.84. The quantitative estimate of drug-likeness (QED) is 0.220. The number of nitrogens with one attached hydrogen (secondary N) is 3. The van der Waals surface area contributed by atoms with Crippen molar-refractivity contribution < 1.29 is 22.3 Å². The maximum atomic E-state index is 13.6. The number of amides is 1. The molecule has 37 heavy (non-hydrogen) atoms. The van der Waals surface area contributed by atoms with Gasteiger partial charge in [-0.15, -0.1) is 0 Å². The summed E-state index contributed by atoms with van der Waals surface area (Å²) in [5, 5.41) is 9.86. The van der Waals surface area contributed by atoms with E-state index in [1.54, 1.807) is 19.1 Å². The largest absolute Gasteiger partial charge is 0.487 e. The molecule has 0 spiro atoms. The van der Waals surface area contributed by atoms with E-state index in [1.807, 2.05) is 0 Å².